The summed E-state index contributed by atoms with van der Waals surface area (Å²) in [7, 11) is 0. The molecule has 0 aliphatic heterocycles. The maximum Gasteiger partial charge on any atom is 0.243 e. The van der Waals surface area contributed by atoms with Gasteiger partial charge in [-0.2, -0.15) is 4.80 Å². The van der Waals surface area contributed by atoms with Crippen LogP contribution < -0.4 is 5.32 Å². The Morgan fingerprint density at radius 2 is 2.41 bits per heavy atom. The standard InChI is InChI=1S/C10H13N5OS/c1-7(2)11-9(16)6-15-13-10(12-14-15)8-4-3-5-17-8/h3-5,7H,6H2,1-2H3,(H,11,16). The first-order valence-electron chi connectivity index (χ1n) is 5.26. The number of aromatic nitrogens is 4. The predicted octanol–water partition coefficient (Wildman–Crippen LogP) is 0.926. The summed E-state index contributed by atoms with van der Waals surface area (Å²) in [6.45, 7) is 3.91. The fraction of sp³-hybridized carbons (Fsp3) is 0.400. The summed E-state index contributed by atoms with van der Waals surface area (Å²) in [6.07, 6.45) is 0. The first-order valence-corrected chi connectivity index (χ1v) is 6.14. The Hall–Kier alpha value is -1.76. The number of nitrogens with one attached hydrogen (secondary N) is 1. The van der Waals surface area contributed by atoms with Crippen LogP contribution in [0, 0.1) is 0 Å². The average molecular weight is 251 g/mol. The number of carbonyl (C=O) groups excluding carboxylic acids is 1. The molecule has 0 atom stereocenters. The van der Waals surface area contributed by atoms with Crippen molar-refractivity contribution in [2.45, 2.75) is 26.4 Å². The van der Waals surface area contributed by atoms with Gasteiger partial charge in [0.1, 0.15) is 6.54 Å². The highest BCUT2D eigenvalue weighted by Gasteiger charge is 2.10. The van der Waals surface area contributed by atoms with E-state index in [2.05, 4.69) is 20.7 Å². The number of hydrogen-bond donors (Lipinski definition) is 1. The van der Waals surface area contributed by atoms with Crippen molar-refractivity contribution in [3.63, 3.8) is 0 Å². The fourth-order valence-corrected chi connectivity index (χ4v) is 1.96. The van der Waals surface area contributed by atoms with E-state index in [1.54, 1.807) is 11.3 Å². The molecular weight excluding hydrogens is 238 g/mol. The van der Waals surface area contributed by atoms with Gasteiger partial charge in [0.2, 0.25) is 11.7 Å². The minimum Gasteiger partial charge on any atom is -0.352 e. The third-order valence-electron chi connectivity index (χ3n) is 1.93. The second kappa shape index (κ2) is 5.05. The molecule has 7 heteroatoms. The van der Waals surface area contributed by atoms with Gasteiger partial charge in [-0.05, 0) is 30.5 Å². The van der Waals surface area contributed by atoms with Gasteiger partial charge in [-0.25, -0.2) is 0 Å². The largest absolute Gasteiger partial charge is 0.352 e. The van der Waals surface area contributed by atoms with Crippen LogP contribution >= 0.6 is 11.3 Å². The van der Waals surface area contributed by atoms with Gasteiger partial charge in [0.15, 0.2) is 0 Å². The van der Waals surface area contributed by atoms with Crippen molar-refractivity contribution in [3.05, 3.63) is 17.5 Å². The Morgan fingerprint density at radius 1 is 1.59 bits per heavy atom. The lowest BCUT2D eigenvalue weighted by Gasteiger charge is -2.06. The lowest BCUT2D eigenvalue weighted by atomic mass is 10.4. The molecule has 1 N–H and O–H groups in total. The number of nitrogens with zero attached hydrogens (tertiary/aromatic N) is 4. The Bertz CT molecular complexity index is 491. The molecule has 0 bridgehead atoms. The molecule has 17 heavy (non-hydrogen) atoms. The van der Waals surface area contributed by atoms with Crippen LogP contribution in [0.15, 0.2) is 17.5 Å². The molecule has 0 saturated heterocycles. The molecule has 0 unspecified atom stereocenters. The smallest absolute Gasteiger partial charge is 0.243 e. The summed E-state index contributed by atoms with van der Waals surface area (Å²) in [5.41, 5.74) is 0. The van der Waals surface area contributed by atoms with Gasteiger partial charge in [0, 0.05) is 6.04 Å². The van der Waals surface area contributed by atoms with Gasteiger partial charge in [0.25, 0.3) is 0 Å². The molecule has 2 rings (SSSR count). The first kappa shape index (κ1) is 11.7. The Labute approximate surface area is 103 Å². The number of rotatable bonds is 4. The number of tetrazole rings is 1. The summed E-state index contributed by atoms with van der Waals surface area (Å²) >= 11 is 1.54. The van der Waals surface area contributed by atoms with E-state index in [0.717, 1.165) is 4.88 Å². The summed E-state index contributed by atoms with van der Waals surface area (Å²) in [5, 5.41) is 16.6. The van der Waals surface area contributed by atoms with E-state index in [0.29, 0.717) is 5.82 Å². The van der Waals surface area contributed by atoms with Crippen molar-refractivity contribution in [1.82, 2.24) is 25.5 Å². The zero-order valence-corrected chi connectivity index (χ0v) is 10.4. The third-order valence-corrected chi connectivity index (χ3v) is 2.79. The van der Waals surface area contributed by atoms with Crippen LogP contribution in [-0.4, -0.2) is 32.2 Å². The van der Waals surface area contributed by atoms with Gasteiger partial charge in [-0.1, -0.05) is 6.07 Å². The molecule has 0 aliphatic rings. The van der Waals surface area contributed by atoms with E-state index in [1.165, 1.54) is 4.80 Å². The minimum absolute atomic E-state index is 0.0938. The van der Waals surface area contributed by atoms with E-state index in [-0.39, 0.29) is 18.5 Å². The van der Waals surface area contributed by atoms with Gasteiger partial charge in [-0.3, -0.25) is 4.79 Å². The number of carbonyl (C=O) groups is 1. The van der Waals surface area contributed by atoms with Crippen LogP contribution in [0.3, 0.4) is 0 Å². The van der Waals surface area contributed by atoms with Gasteiger partial charge >= 0.3 is 0 Å². The highest BCUT2D eigenvalue weighted by atomic mass is 32.1. The molecule has 0 aromatic carbocycles. The fourth-order valence-electron chi connectivity index (χ4n) is 1.31. The second-order valence-corrected chi connectivity index (χ2v) is 4.79. The summed E-state index contributed by atoms with van der Waals surface area (Å²) in [6, 6.07) is 3.95. The number of hydrogen-bond acceptors (Lipinski definition) is 5. The highest BCUT2D eigenvalue weighted by molar-refractivity contribution is 7.13. The first-order chi connectivity index (χ1) is 8.15. The molecule has 2 aromatic heterocycles. The van der Waals surface area contributed by atoms with E-state index >= 15 is 0 Å². The van der Waals surface area contributed by atoms with Gasteiger partial charge < -0.3 is 5.32 Å². The van der Waals surface area contributed by atoms with Gasteiger partial charge in [-0.15, -0.1) is 21.5 Å². The van der Waals surface area contributed by atoms with Crippen LogP contribution in [-0.2, 0) is 11.3 Å². The Morgan fingerprint density at radius 3 is 3.06 bits per heavy atom. The van der Waals surface area contributed by atoms with E-state index in [9.17, 15) is 4.79 Å². The molecule has 0 fully saturated rings. The maximum atomic E-state index is 11.5. The Balaban J connectivity index is 2.02. The van der Waals surface area contributed by atoms with Crippen LogP contribution in [0.5, 0.6) is 0 Å². The summed E-state index contributed by atoms with van der Waals surface area (Å²) in [4.78, 5) is 13.7. The van der Waals surface area contributed by atoms with Crippen LogP contribution in [0.4, 0.5) is 0 Å². The van der Waals surface area contributed by atoms with Crippen molar-refractivity contribution in [2.24, 2.45) is 0 Å². The number of amides is 1. The third kappa shape index (κ3) is 3.10. The average Bonchev–Trinajstić information content (AvgIpc) is 2.84. The lowest BCUT2D eigenvalue weighted by Crippen LogP contribution is -2.33. The van der Waals surface area contributed by atoms with Crippen molar-refractivity contribution >= 4 is 17.2 Å². The van der Waals surface area contributed by atoms with Crippen molar-refractivity contribution in [2.75, 3.05) is 0 Å². The Kier molecular flexibility index (Phi) is 3.48. The zero-order chi connectivity index (χ0) is 12.3. The normalized spacial score (nSPS) is 10.8. The summed E-state index contributed by atoms with van der Waals surface area (Å²) < 4.78 is 0. The highest BCUT2D eigenvalue weighted by Crippen LogP contribution is 2.19. The van der Waals surface area contributed by atoms with Crippen LogP contribution in [0.1, 0.15) is 13.8 Å². The molecule has 2 heterocycles. The molecule has 0 spiro atoms. The SMILES string of the molecule is CC(C)NC(=O)Cn1nnc(-c2cccs2)n1. The quantitative estimate of drug-likeness (QED) is 0.877. The van der Waals surface area contributed by atoms with E-state index in [1.807, 2.05) is 31.4 Å². The van der Waals surface area contributed by atoms with Crippen molar-refractivity contribution in [1.29, 1.82) is 0 Å². The molecule has 1 amide bonds. The lowest BCUT2D eigenvalue weighted by molar-refractivity contribution is -0.122. The van der Waals surface area contributed by atoms with Crippen LogP contribution in [0.2, 0.25) is 0 Å². The van der Waals surface area contributed by atoms with E-state index < -0.39 is 0 Å². The monoisotopic (exact) mass is 251 g/mol. The minimum atomic E-state index is -0.116. The molecule has 2 aromatic rings. The molecule has 0 radical (unpaired) electrons. The van der Waals surface area contributed by atoms with Crippen LogP contribution in [0.25, 0.3) is 10.7 Å². The zero-order valence-electron chi connectivity index (χ0n) is 9.62. The molecule has 6 nitrogen and oxygen atoms in total. The van der Waals surface area contributed by atoms with E-state index in [4.69, 9.17) is 0 Å². The number of thiophene rings is 1. The molecule has 90 valence electrons. The second-order valence-electron chi connectivity index (χ2n) is 3.84. The topological polar surface area (TPSA) is 72.7 Å². The maximum absolute atomic E-state index is 11.5. The molecule has 0 saturated carbocycles. The predicted molar refractivity (Wildman–Crippen MR) is 64.4 cm³/mol. The summed E-state index contributed by atoms with van der Waals surface area (Å²) in [5.74, 6) is 0.437. The molecular formula is C10H13N5OS. The molecule has 0 aliphatic carbocycles. The van der Waals surface area contributed by atoms with Gasteiger partial charge in [0.05, 0.1) is 4.88 Å². The van der Waals surface area contributed by atoms with Crippen molar-refractivity contribution < 1.29 is 4.79 Å². The van der Waals surface area contributed by atoms with Crippen molar-refractivity contribution in [3.8, 4) is 10.7 Å².